The van der Waals surface area contributed by atoms with Crippen LogP contribution in [0.25, 0.3) is 0 Å². The van der Waals surface area contributed by atoms with Gasteiger partial charge in [0.25, 0.3) is 5.91 Å². The zero-order valence-corrected chi connectivity index (χ0v) is 18.7. The van der Waals surface area contributed by atoms with Crippen LogP contribution >= 0.6 is 24.0 Å². The maximum absolute atomic E-state index is 12.1. The van der Waals surface area contributed by atoms with Crippen molar-refractivity contribution in [1.82, 2.24) is 10.2 Å². The van der Waals surface area contributed by atoms with Crippen molar-refractivity contribution in [3.8, 4) is 0 Å². The number of anilines is 1. The molecule has 0 aliphatic carbocycles. The topological polar surface area (TPSA) is 56.7 Å². The summed E-state index contributed by atoms with van der Waals surface area (Å²) in [5, 5.41) is 6.32. The normalized spacial score (nSPS) is 14.2. The molecule has 1 heterocycles. The molecule has 150 valence electrons. The standard InChI is InChI=1S/C22H28N4O.HI/c1-2-23-21(27)19-11-9-10-18(16-19)17-24-22(26-14-7-4-8-15-26)25-20-12-5-3-6-13-20;/h3,5-6,9-13,16H,2,4,7-8,14-15,17H2,1H3,(H,23,27)(H,24,25);1H. The highest BCUT2D eigenvalue weighted by molar-refractivity contribution is 14.0. The highest BCUT2D eigenvalue weighted by Crippen LogP contribution is 2.14. The molecule has 1 saturated heterocycles. The number of rotatable bonds is 5. The van der Waals surface area contributed by atoms with Gasteiger partial charge < -0.3 is 15.5 Å². The first kappa shape index (κ1) is 22.2. The molecule has 3 rings (SSSR count). The van der Waals surface area contributed by atoms with Crippen LogP contribution in [0.1, 0.15) is 42.1 Å². The van der Waals surface area contributed by atoms with Crippen LogP contribution in [0, 0.1) is 0 Å². The molecule has 2 aromatic rings. The molecule has 0 atom stereocenters. The number of piperidine rings is 1. The number of hydrogen-bond acceptors (Lipinski definition) is 2. The number of carbonyl (C=O) groups excluding carboxylic acids is 1. The van der Waals surface area contributed by atoms with Gasteiger partial charge in [-0.3, -0.25) is 4.79 Å². The number of para-hydroxylation sites is 1. The van der Waals surface area contributed by atoms with Crippen molar-refractivity contribution < 1.29 is 4.79 Å². The number of nitrogens with zero attached hydrogens (tertiary/aromatic N) is 2. The zero-order valence-electron chi connectivity index (χ0n) is 16.4. The molecule has 0 radical (unpaired) electrons. The van der Waals surface area contributed by atoms with Gasteiger partial charge in [0, 0.05) is 30.9 Å². The van der Waals surface area contributed by atoms with Gasteiger partial charge in [-0.15, -0.1) is 24.0 Å². The minimum absolute atomic E-state index is 0. The summed E-state index contributed by atoms with van der Waals surface area (Å²) in [6.07, 6.45) is 3.67. The van der Waals surface area contributed by atoms with Crippen LogP contribution in [0.3, 0.4) is 0 Å². The van der Waals surface area contributed by atoms with Crippen LogP contribution in [0.15, 0.2) is 59.6 Å². The molecule has 1 aliphatic heterocycles. The van der Waals surface area contributed by atoms with E-state index in [1.165, 1.54) is 19.3 Å². The minimum atomic E-state index is -0.0398. The Kier molecular flexibility index (Phi) is 9.27. The monoisotopic (exact) mass is 492 g/mol. The number of guanidine groups is 1. The first-order valence-electron chi connectivity index (χ1n) is 9.75. The molecule has 2 N–H and O–H groups in total. The average Bonchev–Trinajstić information content (AvgIpc) is 2.73. The Morgan fingerprint density at radius 1 is 1.04 bits per heavy atom. The van der Waals surface area contributed by atoms with Crippen molar-refractivity contribution in [3.63, 3.8) is 0 Å². The van der Waals surface area contributed by atoms with E-state index in [1.54, 1.807) is 0 Å². The molecule has 0 spiro atoms. The van der Waals surface area contributed by atoms with Crippen molar-refractivity contribution in [3.05, 3.63) is 65.7 Å². The first-order chi connectivity index (χ1) is 13.3. The number of benzene rings is 2. The number of amides is 1. The predicted octanol–water partition coefficient (Wildman–Crippen LogP) is 4.51. The Hall–Kier alpha value is -2.09. The van der Waals surface area contributed by atoms with E-state index in [9.17, 15) is 4.79 Å². The van der Waals surface area contributed by atoms with Gasteiger partial charge in [0.05, 0.1) is 6.54 Å². The molecule has 28 heavy (non-hydrogen) atoms. The second kappa shape index (κ2) is 11.7. The van der Waals surface area contributed by atoms with Crippen molar-refractivity contribution in [2.45, 2.75) is 32.7 Å². The van der Waals surface area contributed by atoms with Crippen molar-refractivity contribution >= 4 is 41.5 Å². The van der Waals surface area contributed by atoms with Gasteiger partial charge in [0.15, 0.2) is 5.96 Å². The third-order valence-electron chi connectivity index (χ3n) is 4.62. The van der Waals surface area contributed by atoms with Gasteiger partial charge in [-0.1, -0.05) is 30.3 Å². The van der Waals surface area contributed by atoms with Gasteiger partial charge in [0.2, 0.25) is 0 Å². The molecule has 1 fully saturated rings. The van der Waals surface area contributed by atoms with E-state index >= 15 is 0 Å². The summed E-state index contributed by atoms with van der Waals surface area (Å²) in [4.78, 5) is 19.2. The fourth-order valence-electron chi connectivity index (χ4n) is 3.21. The lowest BCUT2D eigenvalue weighted by molar-refractivity contribution is 0.0955. The Morgan fingerprint density at radius 3 is 2.50 bits per heavy atom. The van der Waals surface area contributed by atoms with E-state index in [1.807, 2.05) is 49.4 Å². The molecule has 1 aliphatic rings. The fraction of sp³-hybridized carbons (Fsp3) is 0.364. The highest BCUT2D eigenvalue weighted by Gasteiger charge is 2.15. The van der Waals surface area contributed by atoms with E-state index in [0.29, 0.717) is 18.7 Å². The van der Waals surface area contributed by atoms with Crippen LogP contribution < -0.4 is 10.6 Å². The quantitative estimate of drug-likeness (QED) is 0.367. The molecule has 5 nitrogen and oxygen atoms in total. The van der Waals surface area contributed by atoms with Gasteiger partial charge in [0.1, 0.15) is 0 Å². The summed E-state index contributed by atoms with van der Waals surface area (Å²) in [6.45, 7) is 5.14. The van der Waals surface area contributed by atoms with E-state index < -0.39 is 0 Å². The van der Waals surface area contributed by atoms with Crippen molar-refractivity contribution in [2.24, 2.45) is 4.99 Å². The molecule has 0 unspecified atom stereocenters. The fourth-order valence-corrected chi connectivity index (χ4v) is 3.21. The number of carbonyl (C=O) groups is 1. The summed E-state index contributed by atoms with van der Waals surface area (Å²) < 4.78 is 0. The summed E-state index contributed by atoms with van der Waals surface area (Å²) >= 11 is 0. The molecule has 0 bridgehead atoms. The lowest BCUT2D eigenvalue weighted by Crippen LogP contribution is -2.40. The Labute approximate surface area is 184 Å². The van der Waals surface area contributed by atoms with E-state index in [2.05, 4.69) is 27.7 Å². The van der Waals surface area contributed by atoms with Crippen LogP contribution in [0.2, 0.25) is 0 Å². The average molecular weight is 492 g/mol. The SMILES string of the molecule is CCNC(=O)c1cccc(CN=C(Nc2ccccc2)N2CCCCC2)c1.I. The Bertz CT molecular complexity index is 773. The zero-order chi connectivity index (χ0) is 18.9. The van der Waals surface area contributed by atoms with Gasteiger partial charge >= 0.3 is 0 Å². The number of nitrogens with one attached hydrogen (secondary N) is 2. The lowest BCUT2D eigenvalue weighted by Gasteiger charge is -2.30. The van der Waals surface area contributed by atoms with Crippen LogP contribution in [0.4, 0.5) is 5.69 Å². The van der Waals surface area contributed by atoms with Crippen LogP contribution in [-0.2, 0) is 6.54 Å². The summed E-state index contributed by atoms with van der Waals surface area (Å²) in [5.41, 5.74) is 2.75. The number of aliphatic imine (C=N–C) groups is 1. The highest BCUT2D eigenvalue weighted by atomic mass is 127. The van der Waals surface area contributed by atoms with Crippen molar-refractivity contribution in [2.75, 3.05) is 25.0 Å². The van der Waals surface area contributed by atoms with E-state index in [0.717, 1.165) is 30.3 Å². The smallest absolute Gasteiger partial charge is 0.251 e. The van der Waals surface area contributed by atoms with Gasteiger partial charge in [-0.05, 0) is 56.0 Å². The lowest BCUT2D eigenvalue weighted by atomic mass is 10.1. The third kappa shape index (κ3) is 6.51. The van der Waals surface area contributed by atoms with Crippen molar-refractivity contribution in [1.29, 1.82) is 0 Å². The number of halogens is 1. The molecular weight excluding hydrogens is 463 g/mol. The Morgan fingerprint density at radius 2 is 1.79 bits per heavy atom. The van der Waals surface area contributed by atoms with E-state index in [-0.39, 0.29) is 29.9 Å². The van der Waals surface area contributed by atoms with Crippen LogP contribution in [0.5, 0.6) is 0 Å². The maximum Gasteiger partial charge on any atom is 0.251 e. The van der Waals surface area contributed by atoms with Crippen LogP contribution in [-0.4, -0.2) is 36.4 Å². The molecular formula is C22H29IN4O. The largest absolute Gasteiger partial charge is 0.352 e. The second-order valence-corrected chi connectivity index (χ2v) is 6.74. The summed E-state index contributed by atoms with van der Waals surface area (Å²) in [6, 6.07) is 17.8. The number of hydrogen-bond donors (Lipinski definition) is 2. The molecule has 6 heteroatoms. The maximum atomic E-state index is 12.1. The Balaban J connectivity index is 0.00000280. The molecule has 1 amide bonds. The van der Waals surface area contributed by atoms with Gasteiger partial charge in [-0.25, -0.2) is 4.99 Å². The summed E-state index contributed by atoms with van der Waals surface area (Å²) in [5.74, 6) is 0.867. The molecule has 2 aromatic carbocycles. The van der Waals surface area contributed by atoms with Gasteiger partial charge in [-0.2, -0.15) is 0 Å². The van der Waals surface area contributed by atoms with E-state index in [4.69, 9.17) is 4.99 Å². The molecule has 0 aromatic heterocycles. The number of likely N-dealkylation sites (tertiary alicyclic amines) is 1. The second-order valence-electron chi connectivity index (χ2n) is 6.74. The third-order valence-corrected chi connectivity index (χ3v) is 4.62. The summed E-state index contributed by atoms with van der Waals surface area (Å²) in [7, 11) is 0. The molecule has 0 saturated carbocycles. The first-order valence-corrected chi connectivity index (χ1v) is 9.75. The predicted molar refractivity (Wildman–Crippen MR) is 126 cm³/mol. The minimum Gasteiger partial charge on any atom is -0.352 e.